The molecule has 0 aliphatic heterocycles. The van der Waals surface area contributed by atoms with Gasteiger partial charge in [-0.1, -0.05) is 26.7 Å². The number of rotatable bonds is 8. The Balaban J connectivity index is 3.66. The molecule has 14 heavy (non-hydrogen) atoms. The highest BCUT2D eigenvalue weighted by Gasteiger charge is 2.10. The fraction of sp³-hybridized carbons (Fsp3) is 1.00. The predicted molar refractivity (Wildman–Crippen MR) is 64.7 cm³/mol. The molecule has 0 spiro atoms. The van der Waals surface area contributed by atoms with Crippen molar-refractivity contribution in [3.05, 3.63) is 0 Å². The molecule has 0 radical (unpaired) electrons. The van der Waals surface area contributed by atoms with E-state index in [2.05, 4.69) is 45.2 Å². The summed E-state index contributed by atoms with van der Waals surface area (Å²) in [4.78, 5) is 2.26. The Bertz CT molecular complexity index is 123. The van der Waals surface area contributed by atoms with Crippen LogP contribution < -0.4 is 5.32 Å². The SMILES string of the molecule is CCCC(C)CC(CCN(C)C)NC. The summed E-state index contributed by atoms with van der Waals surface area (Å²) >= 11 is 0. The lowest BCUT2D eigenvalue weighted by molar-refractivity contribution is 0.328. The zero-order chi connectivity index (χ0) is 11.0. The van der Waals surface area contributed by atoms with Crippen molar-refractivity contribution in [2.24, 2.45) is 5.92 Å². The molecule has 0 aliphatic rings. The Labute approximate surface area is 90.1 Å². The minimum Gasteiger partial charge on any atom is -0.317 e. The van der Waals surface area contributed by atoms with E-state index in [0.717, 1.165) is 5.92 Å². The molecule has 1 N–H and O–H groups in total. The van der Waals surface area contributed by atoms with Crippen molar-refractivity contribution in [2.45, 2.75) is 45.6 Å². The summed E-state index contributed by atoms with van der Waals surface area (Å²) in [6, 6.07) is 0.693. The lowest BCUT2D eigenvalue weighted by Gasteiger charge is -2.21. The van der Waals surface area contributed by atoms with Crippen LogP contribution in [0, 0.1) is 5.92 Å². The third-order valence-electron chi connectivity index (χ3n) is 2.80. The average Bonchev–Trinajstić information content (AvgIpc) is 2.12. The molecule has 0 aliphatic carbocycles. The Morgan fingerprint density at radius 1 is 1.21 bits per heavy atom. The van der Waals surface area contributed by atoms with Crippen molar-refractivity contribution in [1.29, 1.82) is 0 Å². The molecular weight excluding hydrogens is 172 g/mol. The first-order chi connectivity index (χ1) is 6.60. The maximum Gasteiger partial charge on any atom is 0.00787 e. The van der Waals surface area contributed by atoms with Gasteiger partial charge in [0.05, 0.1) is 0 Å². The van der Waals surface area contributed by atoms with Crippen molar-refractivity contribution < 1.29 is 0 Å². The van der Waals surface area contributed by atoms with Gasteiger partial charge < -0.3 is 10.2 Å². The van der Waals surface area contributed by atoms with Crippen molar-refractivity contribution in [3.63, 3.8) is 0 Å². The third kappa shape index (κ3) is 7.34. The van der Waals surface area contributed by atoms with Crippen LogP contribution in [0.4, 0.5) is 0 Å². The predicted octanol–water partition coefficient (Wildman–Crippen LogP) is 2.35. The summed E-state index contributed by atoms with van der Waals surface area (Å²) in [6.45, 7) is 5.82. The molecule has 2 unspecified atom stereocenters. The van der Waals surface area contributed by atoms with Crippen molar-refractivity contribution >= 4 is 0 Å². The molecule has 0 aromatic carbocycles. The van der Waals surface area contributed by atoms with E-state index in [-0.39, 0.29) is 0 Å². The van der Waals surface area contributed by atoms with Crippen LogP contribution in [0.5, 0.6) is 0 Å². The van der Waals surface area contributed by atoms with Crippen molar-refractivity contribution in [1.82, 2.24) is 10.2 Å². The molecule has 0 saturated carbocycles. The molecule has 0 heterocycles. The lowest BCUT2D eigenvalue weighted by atomic mass is 9.95. The maximum absolute atomic E-state index is 3.42. The lowest BCUT2D eigenvalue weighted by Crippen LogP contribution is -2.31. The fourth-order valence-corrected chi connectivity index (χ4v) is 1.89. The molecule has 2 nitrogen and oxygen atoms in total. The van der Waals surface area contributed by atoms with Crippen LogP contribution in [-0.2, 0) is 0 Å². The van der Waals surface area contributed by atoms with Crippen LogP contribution in [0.1, 0.15) is 39.5 Å². The van der Waals surface area contributed by atoms with E-state index >= 15 is 0 Å². The van der Waals surface area contributed by atoms with Gasteiger partial charge in [0.1, 0.15) is 0 Å². The summed E-state index contributed by atoms with van der Waals surface area (Å²) in [5.74, 6) is 0.861. The van der Waals surface area contributed by atoms with Gasteiger partial charge in [-0.15, -0.1) is 0 Å². The van der Waals surface area contributed by atoms with Gasteiger partial charge in [-0.2, -0.15) is 0 Å². The molecule has 0 saturated heterocycles. The van der Waals surface area contributed by atoms with E-state index in [1.165, 1.54) is 32.2 Å². The topological polar surface area (TPSA) is 15.3 Å². The molecule has 0 amide bonds. The minimum atomic E-state index is 0.693. The second-order valence-electron chi connectivity index (χ2n) is 4.71. The molecule has 0 fully saturated rings. The second-order valence-corrected chi connectivity index (χ2v) is 4.71. The van der Waals surface area contributed by atoms with E-state index in [1.54, 1.807) is 0 Å². The van der Waals surface area contributed by atoms with Crippen LogP contribution in [-0.4, -0.2) is 38.6 Å². The Morgan fingerprint density at radius 2 is 1.86 bits per heavy atom. The molecule has 0 aromatic heterocycles. The summed E-state index contributed by atoms with van der Waals surface area (Å²) in [5, 5.41) is 3.42. The van der Waals surface area contributed by atoms with E-state index in [0.29, 0.717) is 6.04 Å². The van der Waals surface area contributed by atoms with Gasteiger partial charge in [0, 0.05) is 6.04 Å². The second kappa shape index (κ2) is 8.25. The highest BCUT2D eigenvalue weighted by molar-refractivity contribution is 4.69. The van der Waals surface area contributed by atoms with E-state index in [9.17, 15) is 0 Å². The molecule has 0 aromatic rings. The maximum atomic E-state index is 3.42. The first-order valence-electron chi connectivity index (χ1n) is 5.92. The van der Waals surface area contributed by atoms with Crippen LogP contribution in [0.25, 0.3) is 0 Å². The largest absolute Gasteiger partial charge is 0.317 e. The van der Waals surface area contributed by atoms with Gasteiger partial charge in [0.25, 0.3) is 0 Å². The summed E-state index contributed by atoms with van der Waals surface area (Å²) < 4.78 is 0. The number of hydrogen-bond donors (Lipinski definition) is 1. The van der Waals surface area contributed by atoms with E-state index in [4.69, 9.17) is 0 Å². The number of hydrogen-bond acceptors (Lipinski definition) is 2. The molecule has 0 rings (SSSR count). The highest BCUT2D eigenvalue weighted by Crippen LogP contribution is 2.14. The summed E-state index contributed by atoms with van der Waals surface area (Å²) in [7, 11) is 6.36. The number of nitrogens with zero attached hydrogens (tertiary/aromatic N) is 1. The van der Waals surface area contributed by atoms with E-state index in [1.807, 2.05) is 0 Å². The van der Waals surface area contributed by atoms with Gasteiger partial charge >= 0.3 is 0 Å². The van der Waals surface area contributed by atoms with Crippen LogP contribution in [0.2, 0.25) is 0 Å². The summed E-state index contributed by atoms with van der Waals surface area (Å²) in [5.41, 5.74) is 0. The fourth-order valence-electron chi connectivity index (χ4n) is 1.89. The first kappa shape index (κ1) is 13.9. The Kier molecular flexibility index (Phi) is 8.20. The van der Waals surface area contributed by atoms with Gasteiger partial charge in [0.15, 0.2) is 0 Å². The van der Waals surface area contributed by atoms with Gasteiger partial charge in [0.2, 0.25) is 0 Å². The van der Waals surface area contributed by atoms with Gasteiger partial charge in [-0.25, -0.2) is 0 Å². The van der Waals surface area contributed by atoms with Crippen LogP contribution in [0.3, 0.4) is 0 Å². The highest BCUT2D eigenvalue weighted by atomic mass is 15.1. The standard InChI is InChI=1S/C12H28N2/c1-6-7-11(2)10-12(13-3)8-9-14(4)5/h11-13H,6-10H2,1-5H3. The Morgan fingerprint density at radius 3 is 2.29 bits per heavy atom. The normalized spacial score (nSPS) is 15.9. The molecule has 2 atom stereocenters. The first-order valence-corrected chi connectivity index (χ1v) is 5.92. The van der Waals surface area contributed by atoms with Gasteiger partial charge in [-0.3, -0.25) is 0 Å². The van der Waals surface area contributed by atoms with E-state index < -0.39 is 0 Å². The quantitative estimate of drug-likeness (QED) is 0.647. The smallest absolute Gasteiger partial charge is 0.00787 e. The monoisotopic (exact) mass is 200 g/mol. The molecule has 86 valence electrons. The van der Waals surface area contributed by atoms with Crippen molar-refractivity contribution in [2.75, 3.05) is 27.7 Å². The number of nitrogens with one attached hydrogen (secondary N) is 1. The molecule has 0 bridgehead atoms. The average molecular weight is 200 g/mol. The summed E-state index contributed by atoms with van der Waals surface area (Å²) in [6.07, 6.45) is 5.25. The molecular formula is C12H28N2. The molecule has 2 heteroatoms. The van der Waals surface area contributed by atoms with Crippen LogP contribution in [0.15, 0.2) is 0 Å². The van der Waals surface area contributed by atoms with Gasteiger partial charge in [-0.05, 0) is 46.4 Å². The van der Waals surface area contributed by atoms with Crippen LogP contribution >= 0.6 is 0 Å². The Hall–Kier alpha value is -0.0800. The minimum absolute atomic E-state index is 0.693. The van der Waals surface area contributed by atoms with Crippen molar-refractivity contribution in [3.8, 4) is 0 Å². The zero-order valence-electron chi connectivity index (χ0n) is 10.6. The zero-order valence-corrected chi connectivity index (χ0v) is 10.6. The third-order valence-corrected chi connectivity index (χ3v) is 2.80.